The molecule has 2 rings (SSSR count). The second-order valence-corrected chi connectivity index (χ2v) is 3.83. The van der Waals surface area contributed by atoms with E-state index in [2.05, 4.69) is 4.98 Å². The van der Waals surface area contributed by atoms with E-state index in [1.54, 1.807) is 12.1 Å². The van der Waals surface area contributed by atoms with E-state index in [1.807, 2.05) is 19.1 Å². The summed E-state index contributed by atoms with van der Waals surface area (Å²) < 4.78 is 1.02. The van der Waals surface area contributed by atoms with Crippen LogP contribution in [-0.2, 0) is 0 Å². The van der Waals surface area contributed by atoms with E-state index >= 15 is 0 Å². The molecule has 2 aromatic rings. The predicted octanol–water partition coefficient (Wildman–Crippen LogP) is 1.48. The molecule has 0 saturated carbocycles. The summed E-state index contributed by atoms with van der Waals surface area (Å²) in [4.78, 5) is 26.0. The molecule has 6 nitrogen and oxygen atoms in total. The minimum Gasteiger partial charge on any atom is -0.476 e. The molecular formula is C12H11N3O3. The number of carboxylic acids is 1. The maximum atomic E-state index is 11.3. The third-order valence-corrected chi connectivity index (χ3v) is 2.47. The van der Waals surface area contributed by atoms with Gasteiger partial charge in [0.1, 0.15) is 5.82 Å². The number of hydrogen-bond donors (Lipinski definition) is 2. The molecule has 0 bridgehead atoms. The lowest BCUT2D eigenvalue weighted by atomic mass is 10.1. The largest absolute Gasteiger partial charge is 0.476 e. The first-order valence-electron chi connectivity index (χ1n) is 5.18. The Morgan fingerprint density at radius 1 is 1.28 bits per heavy atom. The van der Waals surface area contributed by atoms with E-state index in [0.717, 1.165) is 16.3 Å². The Hall–Kier alpha value is -2.63. The van der Waals surface area contributed by atoms with Crippen molar-refractivity contribution in [1.82, 2.24) is 9.55 Å². The third kappa shape index (κ3) is 2.08. The van der Waals surface area contributed by atoms with Crippen molar-refractivity contribution < 1.29 is 14.7 Å². The lowest BCUT2D eigenvalue weighted by Gasteiger charge is -2.03. The number of benzene rings is 1. The average molecular weight is 245 g/mol. The lowest BCUT2D eigenvalue weighted by Crippen LogP contribution is -2.19. The highest BCUT2D eigenvalue weighted by atomic mass is 16.4. The van der Waals surface area contributed by atoms with Crippen molar-refractivity contribution in [2.75, 3.05) is 0 Å². The van der Waals surface area contributed by atoms with E-state index < -0.39 is 12.0 Å². The number of aromatic nitrogens is 2. The Labute approximate surface area is 103 Å². The number of carbonyl (C=O) groups excluding carboxylic acids is 1. The summed E-state index contributed by atoms with van der Waals surface area (Å²) in [5.74, 6) is -0.983. The molecule has 0 saturated heterocycles. The number of amides is 1. The Morgan fingerprint density at radius 2 is 1.89 bits per heavy atom. The summed E-state index contributed by atoms with van der Waals surface area (Å²) in [6, 6.07) is 6.42. The van der Waals surface area contributed by atoms with Gasteiger partial charge in [0, 0.05) is 11.8 Å². The van der Waals surface area contributed by atoms with Gasteiger partial charge in [0.2, 0.25) is 0 Å². The second kappa shape index (κ2) is 4.33. The van der Waals surface area contributed by atoms with Crippen LogP contribution >= 0.6 is 0 Å². The lowest BCUT2D eigenvalue weighted by molar-refractivity contribution is 0.0691. The maximum absolute atomic E-state index is 11.3. The molecular weight excluding hydrogens is 234 g/mol. The van der Waals surface area contributed by atoms with Gasteiger partial charge in [-0.05, 0) is 6.92 Å². The molecule has 0 radical (unpaired) electrons. The quantitative estimate of drug-likeness (QED) is 0.837. The van der Waals surface area contributed by atoms with Gasteiger partial charge in [0.15, 0.2) is 5.69 Å². The van der Waals surface area contributed by atoms with Gasteiger partial charge in [-0.3, -0.25) is 4.57 Å². The topological polar surface area (TPSA) is 98.2 Å². The van der Waals surface area contributed by atoms with Crippen molar-refractivity contribution in [3.63, 3.8) is 0 Å². The van der Waals surface area contributed by atoms with E-state index in [9.17, 15) is 9.59 Å². The van der Waals surface area contributed by atoms with E-state index in [0.29, 0.717) is 5.56 Å². The first kappa shape index (κ1) is 11.8. The highest BCUT2D eigenvalue weighted by Gasteiger charge is 2.17. The molecule has 1 aromatic carbocycles. The molecule has 0 unspecified atom stereocenters. The Bertz CT molecular complexity index is 614. The first-order chi connectivity index (χ1) is 8.49. The molecule has 1 heterocycles. The molecule has 0 spiro atoms. The Balaban J connectivity index is 2.58. The predicted molar refractivity (Wildman–Crippen MR) is 64.3 cm³/mol. The van der Waals surface area contributed by atoms with E-state index in [1.165, 1.54) is 0 Å². The monoisotopic (exact) mass is 245 g/mol. The Kier molecular flexibility index (Phi) is 2.85. The van der Waals surface area contributed by atoms with Crippen LogP contribution in [0.25, 0.3) is 11.4 Å². The number of nitrogens with zero attached hydrogens (tertiary/aromatic N) is 2. The molecule has 18 heavy (non-hydrogen) atoms. The molecule has 0 atom stereocenters. The number of carbonyl (C=O) groups is 2. The maximum Gasteiger partial charge on any atom is 0.356 e. The number of imidazole rings is 1. The fourth-order valence-electron chi connectivity index (χ4n) is 1.56. The molecule has 0 fully saturated rings. The summed E-state index contributed by atoms with van der Waals surface area (Å²) in [7, 11) is 0. The van der Waals surface area contributed by atoms with Crippen LogP contribution in [0.5, 0.6) is 0 Å². The van der Waals surface area contributed by atoms with Crippen molar-refractivity contribution in [2.45, 2.75) is 6.92 Å². The van der Waals surface area contributed by atoms with Gasteiger partial charge in [0.05, 0.1) is 0 Å². The smallest absolute Gasteiger partial charge is 0.356 e. The summed E-state index contributed by atoms with van der Waals surface area (Å²) >= 11 is 0. The van der Waals surface area contributed by atoms with Crippen LogP contribution in [0, 0.1) is 6.92 Å². The molecule has 3 N–H and O–H groups in total. The van der Waals surface area contributed by atoms with Crippen molar-refractivity contribution >= 4 is 12.0 Å². The number of rotatable bonds is 2. The molecule has 0 aliphatic carbocycles. The fourth-order valence-corrected chi connectivity index (χ4v) is 1.56. The zero-order valence-electron chi connectivity index (χ0n) is 9.62. The first-order valence-corrected chi connectivity index (χ1v) is 5.18. The van der Waals surface area contributed by atoms with Crippen LogP contribution in [0.4, 0.5) is 4.79 Å². The number of nitrogens with two attached hydrogens (primary N) is 1. The Morgan fingerprint density at radius 3 is 2.39 bits per heavy atom. The average Bonchev–Trinajstić information content (AvgIpc) is 2.75. The van der Waals surface area contributed by atoms with Crippen molar-refractivity contribution in [1.29, 1.82) is 0 Å². The summed E-state index contributed by atoms with van der Waals surface area (Å²) in [5.41, 5.74) is 6.65. The van der Waals surface area contributed by atoms with Crippen molar-refractivity contribution in [3.05, 3.63) is 41.7 Å². The summed E-state index contributed by atoms with van der Waals surface area (Å²) in [6.07, 6.45) is 1.11. The number of carboxylic acid groups (broad SMARTS) is 1. The van der Waals surface area contributed by atoms with Crippen molar-refractivity contribution in [3.8, 4) is 11.4 Å². The summed E-state index contributed by atoms with van der Waals surface area (Å²) in [5, 5.41) is 8.87. The van der Waals surface area contributed by atoms with Gasteiger partial charge in [-0.2, -0.15) is 0 Å². The van der Waals surface area contributed by atoms with Crippen LogP contribution in [0.15, 0.2) is 30.5 Å². The fraction of sp³-hybridized carbons (Fsp3) is 0.0833. The number of hydrogen-bond acceptors (Lipinski definition) is 3. The third-order valence-electron chi connectivity index (χ3n) is 2.47. The van der Waals surface area contributed by atoms with Gasteiger partial charge in [-0.15, -0.1) is 0 Å². The van der Waals surface area contributed by atoms with Crippen LogP contribution < -0.4 is 5.73 Å². The minimum atomic E-state index is -1.21. The van der Waals surface area contributed by atoms with Gasteiger partial charge < -0.3 is 10.8 Å². The van der Waals surface area contributed by atoms with E-state index in [4.69, 9.17) is 10.8 Å². The standard InChI is InChI=1S/C12H11N3O3/c1-7-2-4-8(5-3-7)10-14-9(11(16)17)6-15(10)12(13)18/h2-6H,1H3,(H2,13,18)(H,16,17). The zero-order valence-corrected chi connectivity index (χ0v) is 9.62. The van der Waals surface area contributed by atoms with Gasteiger partial charge in [-0.25, -0.2) is 14.6 Å². The van der Waals surface area contributed by atoms with Crippen LogP contribution in [0.3, 0.4) is 0 Å². The zero-order chi connectivity index (χ0) is 13.3. The van der Waals surface area contributed by atoms with E-state index in [-0.39, 0.29) is 11.5 Å². The number of primary amides is 1. The van der Waals surface area contributed by atoms with Crippen LogP contribution in [0.1, 0.15) is 16.1 Å². The van der Waals surface area contributed by atoms with Gasteiger partial charge in [0.25, 0.3) is 0 Å². The van der Waals surface area contributed by atoms with Crippen molar-refractivity contribution in [2.24, 2.45) is 5.73 Å². The molecule has 0 aliphatic rings. The molecule has 1 aromatic heterocycles. The van der Waals surface area contributed by atoms with Crippen LogP contribution in [0.2, 0.25) is 0 Å². The molecule has 6 heteroatoms. The second-order valence-electron chi connectivity index (χ2n) is 3.83. The minimum absolute atomic E-state index is 0.218. The van der Waals surface area contributed by atoms with Crippen LogP contribution in [-0.4, -0.2) is 26.7 Å². The molecule has 0 aliphatic heterocycles. The summed E-state index contributed by atoms with van der Waals surface area (Å²) in [6.45, 7) is 1.92. The highest BCUT2D eigenvalue weighted by molar-refractivity contribution is 5.89. The number of aromatic carboxylic acids is 1. The molecule has 1 amide bonds. The van der Waals surface area contributed by atoms with Gasteiger partial charge in [-0.1, -0.05) is 29.8 Å². The SMILES string of the molecule is Cc1ccc(-c2nc(C(=O)O)cn2C(N)=O)cc1. The normalized spacial score (nSPS) is 10.3. The molecule has 92 valence electrons. The van der Waals surface area contributed by atoms with Gasteiger partial charge >= 0.3 is 12.0 Å². The highest BCUT2D eigenvalue weighted by Crippen LogP contribution is 2.19. The number of aryl methyl sites for hydroxylation is 1.